The highest BCUT2D eigenvalue weighted by atomic mass is 79.9. The zero-order chi connectivity index (χ0) is 19.0. The number of halogens is 1. The number of benzene rings is 1. The van der Waals surface area contributed by atoms with Gasteiger partial charge in [-0.3, -0.25) is 4.79 Å². The molecule has 0 aliphatic heterocycles. The third-order valence-electron chi connectivity index (χ3n) is 3.30. The van der Waals surface area contributed by atoms with Crippen LogP contribution in [0.5, 0.6) is 0 Å². The van der Waals surface area contributed by atoms with Crippen molar-refractivity contribution >= 4 is 37.8 Å². The van der Waals surface area contributed by atoms with E-state index in [1.54, 1.807) is 12.1 Å². The maximum Gasteiger partial charge on any atom is 0.328 e. The normalized spacial score (nSPS) is 12.7. The van der Waals surface area contributed by atoms with Gasteiger partial charge in [0, 0.05) is 17.4 Å². The van der Waals surface area contributed by atoms with Crippen molar-refractivity contribution in [2.45, 2.75) is 37.6 Å². The molecule has 25 heavy (non-hydrogen) atoms. The summed E-state index contributed by atoms with van der Waals surface area (Å²) in [4.78, 5) is 23.8. The van der Waals surface area contributed by atoms with Crippen molar-refractivity contribution in [3.8, 4) is 0 Å². The topological polar surface area (TPSA) is 102 Å². The highest BCUT2D eigenvalue weighted by Gasteiger charge is 2.22. The van der Waals surface area contributed by atoms with Crippen LogP contribution >= 0.6 is 15.9 Å². The van der Waals surface area contributed by atoms with E-state index in [0.717, 1.165) is 4.47 Å². The van der Waals surface area contributed by atoms with E-state index in [2.05, 4.69) is 30.7 Å². The average molecular weight is 435 g/mol. The molecule has 1 rings (SSSR count). The SMILES string of the molecule is COC(=O)[C@@H](CC(C)C)NC(=O)CCNS(=O)(=O)c1ccc(Br)cc1. The molecule has 0 fully saturated rings. The fourth-order valence-corrected chi connectivity index (χ4v) is 3.39. The summed E-state index contributed by atoms with van der Waals surface area (Å²) in [6.07, 6.45) is 0.365. The minimum absolute atomic E-state index is 0.0696. The molecule has 2 N–H and O–H groups in total. The third-order valence-corrected chi connectivity index (χ3v) is 5.30. The Morgan fingerprint density at radius 3 is 2.32 bits per heavy atom. The second-order valence-corrected chi connectivity index (χ2v) is 8.56. The van der Waals surface area contributed by atoms with Crippen LogP contribution in [0.2, 0.25) is 0 Å². The van der Waals surface area contributed by atoms with Crippen LogP contribution < -0.4 is 10.0 Å². The van der Waals surface area contributed by atoms with Crippen molar-refractivity contribution in [2.75, 3.05) is 13.7 Å². The fourth-order valence-electron chi connectivity index (χ4n) is 2.09. The molecule has 7 nitrogen and oxygen atoms in total. The fraction of sp³-hybridized carbons (Fsp3) is 0.500. The molecule has 9 heteroatoms. The summed E-state index contributed by atoms with van der Waals surface area (Å²) in [6, 6.07) is 5.42. The number of amides is 1. The number of carbonyl (C=O) groups is 2. The Morgan fingerprint density at radius 1 is 1.20 bits per heavy atom. The van der Waals surface area contributed by atoms with Gasteiger partial charge in [0.05, 0.1) is 12.0 Å². The van der Waals surface area contributed by atoms with Crippen LogP contribution in [-0.4, -0.2) is 40.0 Å². The molecule has 140 valence electrons. The molecule has 0 aliphatic rings. The molecule has 1 amide bonds. The molecular weight excluding hydrogens is 412 g/mol. The van der Waals surface area contributed by atoms with Crippen molar-refractivity contribution < 1.29 is 22.7 Å². The standard InChI is InChI=1S/C16H23BrN2O5S/c1-11(2)10-14(16(21)24-3)19-15(20)8-9-18-25(22,23)13-6-4-12(17)5-7-13/h4-7,11,14,18H,8-10H2,1-3H3,(H,19,20)/t14-/m1/s1. The molecule has 1 aromatic carbocycles. The third kappa shape index (κ3) is 7.54. The van der Waals surface area contributed by atoms with Crippen LogP contribution in [0.25, 0.3) is 0 Å². The Kier molecular flexibility index (Phi) is 8.54. The second-order valence-electron chi connectivity index (χ2n) is 5.87. The maximum atomic E-state index is 12.1. The van der Waals surface area contributed by atoms with E-state index in [9.17, 15) is 18.0 Å². The quantitative estimate of drug-likeness (QED) is 0.577. The molecule has 0 aliphatic carbocycles. The Morgan fingerprint density at radius 2 is 1.80 bits per heavy atom. The number of sulfonamides is 1. The summed E-state index contributed by atoms with van der Waals surface area (Å²) in [7, 11) is -2.43. The van der Waals surface area contributed by atoms with Gasteiger partial charge in [-0.15, -0.1) is 0 Å². The zero-order valence-corrected chi connectivity index (χ0v) is 16.8. The monoisotopic (exact) mass is 434 g/mol. The predicted octanol–water partition coefficient (Wildman–Crippen LogP) is 1.82. The van der Waals surface area contributed by atoms with E-state index in [0.29, 0.717) is 6.42 Å². The first-order valence-corrected chi connectivity index (χ1v) is 10.1. The van der Waals surface area contributed by atoms with Crippen molar-refractivity contribution in [2.24, 2.45) is 5.92 Å². The van der Waals surface area contributed by atoms with E-state index in [-0.39, 0.29) is 23.8 Å². The van der Waals surface area contributed by atoms with Crippen LogP contribution in [0.15, 0.2) is 33.6 Å². The molecular formula is C16H23BrN2O5S. The number of nitrogens with one attached hydrogen (secondary N) is 2. The Labute approximate surface area is 156 Å². The van der Waals surface area contributed by atoms with E-state index in [1.807, 2.05) is 13.8 Å². The smallest absolute Gasteiger partial charge is 0.328 e. The van der Waals surface area contributed by atoms with Crippen molar-refractivity contribution in [3.63, 3.8) is 0 Å². The van der Waals surface area contributed by atoms with Crippen LogP contribution in [0.4, 0.5) is 0 Å². The molecule has 0 aromatic heterocycles. The van der Waals surface area contributed by atoms with Crippen LogP contribution in [-0.2, 0) is 24.3 Å². The Hall–Kier alpha value is -1.45. The van der Waals surface area contributed by atoms with Gasteiger partial charge < -0.3 is 10.1 Å². The summed E-state index contributed by atoms with van der Waals surface area (Å²) in [5.41, 5.74) is 0. The molecule has 1 atom stereocenters. The molecule has 0 saturated carbocycles. The lowest BCUT2D eigenvalue weighted by atomic mass is 10.0. The van der Waals surface area contributed by atoms with Gasteiger partial charge in [-0.1, -0.05) is 29.8 Å². The van der Waals surface area contributed by atoms with Crippen LogP contribution in [0, 0.1) is 5.92 Å². The lowest BCUT2D eigenvalue weighted by Crippen LogP contribution is -2.43. The number of hydrogen-bond acceptors (Lipinski definition) is 5. The van der Waals surface area contributed by atoms with Gasteiger partial charge >= 0.3 is 5.97 Å². The average Bonchev–Trinajstić information content (AvgIpc) is 2.53. The van der Waals surface area contributed by atoms with Crippen molar-refractivity contribution in [3.05, 3.63) is 28.7 Å². The molecule has 0 spiro atoms. The summed E-state index contributed by atoms with van der Waals surface area (Å²) in [6.45, 7) is 3.78. The van der Waals surface area contributed by atoms with Gasteiger partial charge in [-0.25, -0.2) is 17.9 Å². The first-order chi connectivity index (χ1) is 11.7. The molecule has 0 unspecified atom stereocenters. The van der Waals surface area contributed by atoms with E-state index < -0.39 is 27.9 Å². The number of methoxy groups -OCH3 is 1. The number of ether oxygens (including phenoxy) is 1. The van der Waals surface area contributed by atoms with E-state index in [4.69, 9.17) is 0 Å². The summed E-state index contributed by atoms with van der Waals surface area (Å²) in [5, 5.41) is 2.58. The van der Waals surface area contributed by atoms with Gasteiger partial charge in [-0.05, 0) is 36.6 Å². The molecule has 0 heterocycles. The number of rotatable bonds is 9. The molecule has 0 saturated heterocycles. The Bertz CT molecular complexity index is 689. The minimum atomic E-state index is -3.68. The summed E-state index contributed by atoms with van der Waals surface area (Å²) < 4.78 is 32.0. The highest BCUT2D eigenvalue weighted by molar-refractivity contribution is 9.10. The predicted molar refractivity (Wildman–Crippen MR) is 97.3 cm³/mol. The molecule has 0 bridgehead atoms. The van der Waals surface area contributed by atoms with Gasteiger partial charge in [-0.2, -0.15) is 0 Å². The first kappa shape index (κ1) is 21.6. The van der Waals surface area contributed by atoms with Gasteiger partial charge in [0.2, 0.25) is 15.9 Å². The number of esters is 1. The highest BCUT2D eigenvalue weighted by Crippen LogP contribution is 2.14. The summed E-state index contributed by atoms with van der Waals surface area (Å²) in [5.74, 6) is -0.743. The summed E-state index contributed by atoms with van der Waals surface area (Å²) >= 11 is 3.24. The van der Waals surface area contributed by atoms with Gasteiger partial charge in [0.1, 0.15) is 6.04 Å². The number of carbonyl (C=O) groups excluding carboxylic acids is 2. The van der Waals surface area contributed by atoms with Crippen LogP contribution in [0.1, 0.15) is 26.7 Å². The largest absolute Gasteiger partial charge is 0.467 e. The lowest BCUT2D eigenvalue weighted by Gasteiger charge is -2.18. The lowest BCUT2D eigenvalue weighted by molar-refractivity contribution is -0.145. The number of hydrogen-bond donors (Lipinski definition) is 2. The Balaban J connectivity index is 2.55. The van der Waals surface area contributed by atoms with Gasteiger partial charge in [0.25, 0.3) is 0 Å². The van der Waals surface area contributed by atoms with E-state index >= 15 is 0 Å². The van der Waals surface area contributed by atoms with Gasteiger partial charge in [0.15, 0.2) is 0 Å². The maximum absolute atomic E-state index is 12.1. The molecule has 0 radical (unpaired) electrons. The first-order valence-electron chi connectivity index (χ1n) is 7.78. The van der Waals surface area contributed by atoms with Crippen molar-refractivity contribution in [1.29, 1.82) is 0 Å². The van der Waals surface area contributed by atoms with Crippen molar-refractivity contribution in [1.82, 2.24) is 10.0 Å². The minimum Gasteiger partial charge on any atom is -0.467 e. The van der Waals surface area contributed by atoms with Crippen LogP contribution in [0.3, 0.4) is 0 Å². The van der Waals surface area contributed by atoms with E-state index in [1.165, 1.54) is 19.2 Å². The zero-order valence-electron chi connectivity index (χ0n) is 14.4. The molecule has 1 aromatic rings. The second kappa shape index (κ2) is 9.88.